The Kier molecular flexibility index (Phi) is 6.25. The average molecular weight is 419 g/mol. The Morgan fingerprint density at radius 2 is 1.61 bits per heavy atom. The van der Waals surface area contributed by atoms with Gasteiger partial charge in [-0.1, -0.05) is 29.8 Å². The number of amides is 2. The number of aryl methyl sites for hydroxylation is 2. The molecule has 0 aliphatic rings. The number of aliphatic carboxylic acids is 1. The number of pyridine rings is 1. The highest BCUT2D eigenvalue weighted by Gasteiger charge is 2.29. The molecule has 2 aromatic carbocycles. The summed E-state index contributed by atoms with van der Waals surface area (Å²) in [5.41, 5.74) is 3.93. The number of carbonyl (C=O) groups excluding carboxylic acids is 1. The lowest BCUT2D eigenvalue weighted by Crippen LogP contribution is -2.38. The van der Waals surface area contributed by atoms with Crippen LogP contribution in [0.3, 0.4) is 0 Å². The number of hydrogen-bond donors (Lipinski definition) is 3. The van der Waals surface area contributed by atoms with Crippen LogP contribution in [0.4, 0.5) is 16.2 Å². The van der Waals surface area contributed by atoms with Crippen LogP contribution in [0.25, 0.3) is 11.1 Å². The van der Waals surface area contributed by atoms with Crippen molar-refractivity contribution >= 4 is 23.4 Å². The molecule has 0 saturated heterocycles. The maximum absolute atomic E-state index is 12.3. The van der Waals surface area contributed by atoms with Crippen LogP contribution in [0.5, 0.6) is 5.88 Å². The number of rotatable bonds is 6. The first-order chi connectivity index (χ1) is 14.6. The first kappa shape index (κ1) is 21.8. The fourth-order valence-corrected chi connectivity index (χ4v) is 2.90. The van der Waals surface area contributed by atoms with Crippen LogP contribution in [0, 0.1) is 13.8 Å². The SMILES string of the molecule is Cc1ccc(NC(=O)Nc2ccc(-c3ccc(OC(C)(C)C(=O)O)nc3)cc2)c(C)c1. The van der Waals surface area contributed by atoms with E-state index in [1.54, 1.807) is 30.5 Å². The number of hydrogen-bond acceptors (Lipinski definition) is 4. The van der Waals surface area contributed by atoms with E-state index < -0.39 is 11.6 Å². The number of carboxylic acids is 1. The molecule has 7 heteroatoms. The lowest BCUT2D eigenvalue weighted by molar-refractivity contribution is -0.152. The van der Waals surface area contributed by atoms with Crippen molar-refractivity contribution in [3.8, 4) is 17.0 Å². The predicted octanol–water partition coefficient (Wildman–Crippen LogP) is 5.25. The quantitative estimate of drug-likeness (QED) is 0.506. The third-order valence-corrected chi connectivity index (χ3v) is 4.72. The summed E-state index contributed by atoms with van der Waals surface area (Å²) in [5, 5.41) is 14.8. The summed E-state index contributed by atoms with van der Waals surface area (Å²) in [6, 6.07) is 16.3. The highest BCUT2D eigenvalue weighted by atomic mass is 16.5. The Hall–Kier alpha value is -3.87. The van der Waals surface area contributed by atoms with Crippen molar-refractivity contribution in [3.63, 3.8) is 0 Å². The minimum absolute atomic E-state index is 0.234. The number of aromatic nitrogens is 1. The van der Waals surface area contributed by atoms with Gasteiger partial charge >= 0.3 is 12.0 Å². The summed E-state index contributed by atoms with van der Waals surface area (Å²) >= 11 is 0. The van der Waals surface area contributed by atoms with Gasteiger partial charge in [-0.15, -0.1) is 0 Å². The van der Waals surface area contributed by atoms with Gasteiger partial charge < -0.3 is 20.5 Å². The van der Waals surface area contributed by atoms with Gasteiger partial charge in [-0.2, -0.15) is 0 Å². The molecule has 1 heterocycles. The highest BCUT2D eigenvalue weighted by molar-refractivity contribution is 6.00. The zero-order chi connectivity index (χ0) is 22.6. The molecule has 3 aromatic rings. The highest BCUT2D eigenvalue weighted by Crippen LogP contribution is 2.24. The summed E-state index contributed by atoms with van der Waals surface area (Å²) in [6.07, 6.45) is 1.61. The average Bonchev–Trinajstić information content (AvgIpc) is 2.71. The molecular formula is C24H25N3O4. The monoisotopic (exact) mass is 419 g/mol. The third kappa shape index (κ3) is 5.60. The van der Waals surface area contributed by atoms with Crippen LogP contribution in [-0.4, -0.2) is 27.7 Å². The molecule has 0 aliphatic carbocycles. The van der Waals surface area contributed by atoms with E-state index in [1.165, 1.54) is 13.8 Å². The van der Waals surface area contributed by atoms with Crippen molar-refractivity contribution in [2.45, 2.75) is 33.3 Å². The molecule has 3 N–H and O–H groups in total. The van der Waals surface area contributed by atoms with Crippen molar-refractivity contribution in [1.29, 1.82) is 0 Å². The first-order valence-corrected chi connectivity index (χ1v) is 9.78. The minimum atomic E-state index is -1.36. The molecule has 0 atom stereocenters. The van der Waals surface area contributed by atoms with E-state index in [1.807, 2.05) is 44.2 Å². The van der Waals surface area contributed by atoms with Crippen LogP contribution in [0.15, 0.2) is 60.8 Å². The van der Waals surface area contributed by atoms with E-state index in [0.717, 1.165) is 27.9 Å². The molecule has 2 amide bonds. The summed E-state index contributed by atoms with van der Waals surface area (Å²) in [6.45, 7) is 6.88. The van der Waals surface area contributed by atoms with Gasteiger partial charge in [-0.25, -0.2) is 14.6 Å². The zero-order valence-electron chi connectivity index (χ0n) is 17.9. The van der Waals surface area contributed by atoms with Crippen LogP contribution < -0.4 is 15.4 Å². The zero-order valence-corrected chi connectivity index (χ0v) is 17.9. The Morgan fingerprint density at radius 1 is 0.935 bits per heavy atom. The molecule has 1 aromatic heterocycles. The van der Waals surface area contributed by atoms with Gasteiger partial charge in [0.15, 0.2) is 0 Å². The molecule has 0 bridgehead atoms. The molecule has 7 nitrogen and oxygen atoms in total. The topological polar surface area (TPSA) is 101 Å². The number of nitrogens with one attached hydrogen (secondary N) is 2. The number of anilines is 2. The maximum Gasteiger partial charge on any atom is 0.347 e. The fourth-order valence-electron chi connectivity index (χ4n) is 2.90. The van der Waals surface area contributed by atoms with Gasteiger partial charge in [0, 0.05) is 29.2 Å². The number of carboxylic acid groups (broad SMARTS) is 1. The van der Waals surface area contributed by atoms with Crippen molar-refractivity contribution in [3.05, 3.63) is 71.9 Å². The van der Waals surface area contributed by atoms with Gasteiger partial charge in [0.25, 0.3) is 0 Å². The van der Waals surface area contributed by atoms with Crippen LogP contribution >= 0.6 is 0 Å². The number of carbonyl (C=O) groups is 2. The largest absolute Gasteiger partial charge is 0.478 e. The van der Waals surface area contributed by atoms with Crippen molar-refractivity contribution < 1.29 is 19.4 Å². The van der Waals surface area contributed by atoms with E-state index >= 15 is 0 Å². The Bertz CT molecular complexity index is 1090. The molecule has 3 rings (SSSR count). The fraction of sp³-hybridized carbons (Fsp3) is 0.208. The van der Waals surface area contributed by atoms with Gasteiger partial charge in [-0.05, 0) is 63.1 Å². The van der Waals surface area contributed by atoms with E-state index in [0.29, 0.717) is 5.69 Å². The molecule has 160 valence electrons. The molecule has 31 heavy (non-hydrogen) atoms. The van der Waals surface area contributed by atoms with Gasteiger partial charge in [0.1, 0.15) is 0 Å². The Balaban J connectivity index is 1.63. The van der Waals surface area contributed by atoms with Crippen LogP contribution in [0.2, 0.25) is 0 Å². The Morgan fingerprint density at radius 3 is 2.19 bits per heavy atom. The predicted molar refractivity (Wildman–Crippen MR) is 121 cm³/mol. The Labute approximate surface area is 181 Å². The summed E-state index contributed by atoms with van der Waals surface area (Å²) in [7, 11) is 0. The summed E-state index contributed by atoms with van der Waals surface area (Å²) in [5.74, 6) is -0.833. The standard InChI is InChI=1S/C24H25N3O4/c1-15-5-11-20(16(2)13-15)27-23(30)26-19-9-6-17(7-10-19)18-8-12-21(25-14-18)31-24(3,4)22(28)29/h5-14H,1-4H3,(H,28,29)(H2,26,27,30). The van der Waals surface area contributed by atoms with Crippen LogP contribution in [-0.2, 0) is 4.79 Å². The molecule has 0 radical (unpaired) electrons. The van der Waals surface area contributed by atoms with Gasteiger partial charge in [-0.3, -0.25) is 0 Å². The van der Waals surface area contributed by atoms with E-state index in [9.17, 15) is 9.59 Å². The molecular weight excluding hydrogens is 394 g/mol. The number of nitrogens with zero attached hydrogens (tertiary/aromatic N) is 1. The maximum atomic E-state index is 12.3. The second kappa shape index (κ2) is 8.87. The summed E-state index contributed by atoms with van der Waals surface area (Å²) in [4.78, 5) is 27.6. The number of ether oxygens (including phenoxy) is 1. The van der Waals surface area contributed by atoms with Crippen LogP contribution in [0.1, 0.15) is 25.0 Å². The smallest absolute Gasteiger partial charge is 0.347 e. The summed E-state index contributed by atoms with van der Waals surface area (Å²) < 4.78 is 5.42. The molecule has 0 saturated carbocycles. The molecule has 0 aliphatic heterocycles. The van der Waals surface area contributed by atoms with E-state index in [4.69, 9.17) is 9.84 Å². The second-order valence-electron chi connectivity index (χ2n) is 7.78. The van der Waals surface area contributed by atoms with Gasteiger partial charge in [0.05, 0.1) is 0 Å². The molecule has 0 spiro atoms. The molecule has 0 unspecified atom stereocenters. The lowest BCUT2D eigenvalue weighted by atomic mass is 10.1. The van der Waals surface area contributed by atoms with Gasteiger partial charge in [0.2, 0.25) is 11.5 Å². The van der Waals surface area contributed by atoms with Crippen molar-refractivity contribution in [1.82, 2.24) is 4.98 Å². The first-order valence-electron chi connectivity index (χ1n) is 9.78. The normalized spacial score (nSPS) is 11.0. The lowest BCUT2D eigenvalue weighted by Gasteiger charge is -2.20. The second-order valence-corrected chi connectivity index (χ2v) is 7.78. The van der Waals surface area contributed by atoms with Crippen molar-refractivity contribution in [2.24, 2.45) is 0 Å². The van der Waals surface area contributed by atoms with Crippen molar-refractivity contribution in [2.75, 3.05) is 10.6 Å². The van der Waals surface area contributed by atoms with E-state index in [2.05, 4.69) is 15.6 Å². The number of urea groups is 1. The third-order valence-electron chi connectivity index (χ3n) is 4.72. The molecule has 0 fully saturated rings. The van der Waals surface area contributed by atoms with E-state index in [-0.39, 0.29) is 11.9 Å². The number of benzene rings is 2. The minimum Gasteiger partial charge on any atom is -0.478 e.